The third-order valence-electron chi connectivity index (χ3n) is 4.60. The molecule has 2 amide bonds. The highest BCUT2D eigenvalue weighted by Crippen LogP contribution is 2.34. The van der Waals surface area contributed by atoms with E-state index in [-0.39, 0.29) is 18.0 Å². The Kier molecular flexibility index (Phi) is 4.76. The predicted octanol–water partition coefficient (Wildman–Crippen LogP) is 3.81. The zero-order valence-corrected chi connectivity index (χ0v) is 15.4. The topological polar surface area (TPSA) is 74.3 Å². The van der Waals surface area contributed by atoms with Gasteiger partial charge in [0.2, 0.25) is 5.91 Å². The average Bonchev–Trinajstić information content (AvgIpc) is 2.96. The van der Waals surface area contributed by atoms with Crippen molar-refractivity contribution in [2.75, 3.05) is 10.6 Å². The maximum atomic E-state index is 13.0. The molecule has 0 saturated carbocycles. The standard InChI is InChI=1S/C22H20N4O2/c1-15(27)24-17-9-11-18(12-10-17)25-21-20-19(8-5-13-23-20)22(28)26(21)14-16-6-3-2-4-7-16/h2-13,21,25H,14H2,1H3,(H,24,27). The number of fused-ring (bicyclic) bond motifs is 1. The number of aromatic nitrogens is 1. The molecular formula is C22H20N4O2. The Bertz CT molecular complexity index is 1000. The van der Waals surface area contributed by atoms with Gasteiger partial charge in [0.1, 0.15) is 6.17 Å². The summed E-state index contributed by atoms with van der Waals surface area (Å²) in [5, 5.41) is 6.15. The van der Waals surface area contributed by atoms with Crippen LogP contribution in [-0.2, 0) is 11.3 Å². The zero-order chi connectivity index (χ0) is 19.5. The fraction of sp³-hybridized carbons (Fsp3) is 0.136. The first-order valence-corrected chi connectivity index (χ1v) is 9.06. The molecule has 140 valence electrons. The van der Waals surface area contributed by atoms with Crippen LogP contribution < -0.4 is 10.6 Å². The Hall–Kier alpha value is -3.67. The summed E-state index contributed by atoms with van der Waals surface area (Å²) in [6.45, 7) is 1.96. The van der Waals surface area contributed by atoms with Gasteiger partial charge in [0, 0.05) is 31.0 Å². The summed E-state index contributed by atoms with van der Waals surface area (Å²) in [7, 11) is 0. The molecule has 4 rings (SSSR count). The largest absolute Gasteiger partial charge is 0.360 e. The SMILES string of the molecule is CC(=O)Nc1ccc(NC2c3ncccc3C(=O)N2Cc2ccccc2)cc1. The molecule has 2 N–H and O–H groups in total. The van der Waals surface area contributed by atoms with Crippen molar-refractivity contribution < 1.29 is 9.59 Å². The summed E-state index contributed by atoms with van der Waals surface area (Å²) in [5.74, 6) is -0.159. The molecule has 6 heteroatoms. The minimum Gasteiger partial charge on any atom is -0.360 e. The highest BCUT2D eigenvalue weighted by Gasteiger charge is 2.37. The molecule has 2 aromatic carbocycles. The number of carbonyl (C=O) groups is 2. The van der Waals surface area contributed by atoms with Crippen molar-refractivity contribution in [2.45, 2.75) is 19.6 Å². The molecule has 0 spiro atoms. The summed E-state index contributed by atoms with van der Waals surface area (Å²) < 4.78 is 0. The highest BCUT2D eigenvalue weighted by atomic mass is 16.2. The van der Waals surface area contributed by atoms with E-state index in [1.54, 1.807) is 17.2 Å². The fourth-order valence-corrected chi connectivity index (χ4v) is 3.34. The molecule has 0 aliphatic carbocycles. The Morgan fingerprint density at radius 1 is 1.00 bits per heavy atom. The first kappa shape index (κ1) is 17.7. The van der Waals surface area contributed by atoms with Gasteiger partial charge >= 0.3 is 0 Å². The van der Waals surface area contributed by atoms with E-state index in [2.05, 4.69) is 15.6 Å². The van der Waals surface area contributed by atoms with Crippen molar-refractivity contribution in [1.29, 1.82) is 0 Å². The van der Waals surface area contributed by atoms with E-state index in [1.165, 1.54) is 6.92 Å². The smallest absolute Gasteiger partial charge is 0.258 e. The maximum Gasteiger partial charge on any atom is 0.258 e. The molecule has 0 radical (unpaired) electrons. The van der Waals surface area contributed by atoms with Crippen molar-refractivity contribution in [3.63, 3.8) is 0 Å². The molecular weight excluding hydrogens is 352 g/mol. The zero-order valence-electron chi connectivity index (χ0n) is 15.4. The van der Waals surface area contributed by atoms with Crippen LogP contribution in [0, 0.1) is 0 Å². The summed E-state index contributed by atoms with van der Waals surface area (Å²) in [4.78, 5) is 30.4. The van der Waals surface area contributed by atoms with E-state index in [1.807, 2.05) is 60.7 Å². The van der Waals surface area contributed by atoms with Gasteiger partial charge in [-0.05, 0) is 42.0 Å². The van der Waals surface area contributed by atoms with Crippen LogP contribution in [0.3, 0.4) is 0 Å². The second-order valence-electron chi connectivity index (χ2n) is 6.66. The molecule has 1 atom stereocenters. The number of nitrogens with one attached hydrogen (secondary N) is 2. The van der Waals surface area contributed by atoms with Crippen LogP contribution in [0.1, 0.15) is 34.7 Å². The maximum absolute atomic E-state index is 13.0. The number of hydrogen-bond acceptors (Lipinski definition) is 4. The molecule has 0 saturated heterocycles. The minimum absolute atomic E-state index is 0.0423. The van der Waals surface area contributed by atoms with Gasteiger partial charge in [0.15, 0.2) is 0 Å². The van der Waals surface area contributed by atoms with Gasteiger partial charge in [0.05, 0.1) is 11.3 Å². The lowest BCUT2D eigenvalue weighted by molar-refractivity contribution is -0.114. The molecule has 3 aromatic rings. The Morgan fingerprint density at radius 2 is 1.71 bits per heavy atom. The summed E-state index contributed by atoms with van der Waals surface area (Å²) in [6, 6.07) is 20.9. The Morgan fingerprint density at radius 3 is 2.43 bits per heavy atom. The minimum atomic E-state index is -0.365. The second-order valence-corrected chi connectivity index (χ2v) is 6.66. The van der Waals surface area contributed by atoms with Gasteiger partial charge in [-0.25, -0.2) is 0 Å². The Labute approximate surface area is 163 Å². The molecule has 1 aliphatic heterocycles. The van der Waals surface area contributed by atoms with Gasteiger partial charge in [-0.2, -0.15) is 0 Å². The lowest BCUT2D eigenvalue weighted by Gasteiger charge is -2.26. The van der Waals surface area contributed by atoms with Crippen LogP contribution >= 0.6 is 0 Å². The number of benzene rings is 2. The van der Waals surface area contributed by atoms with E-state index in [0.717, 1.165) is 22.6 Å². The number of pyridine rings is 1. The van der Waals surface area contributed by atoms with Crippen LogP contribution in [0.5, 0.6) is 0 Å². The first-order chi connectivity index (χ1) is 13.6. The lowest BCUT2D eigenvalue weighted by Crippen LogP contribution is -2.32. The third kappa shape index (κ3) is 3.57. The van der Waals surface area contributed by atoms with Gasteiger partial charge < -0.3 is 15.5 Å². The molecule has 6 nitrogen and oxygen atoms in total. The van der Waals surface area contributed by atoms with E-state index in [9.17, 15) is 9.59 Å². The van der Waals surface area contributed by atoms with Crippen molar-refractivity contribution in [1.82, 2.24) is 9.88 Å². The monoisotopic (exact) mass is 372 g/mol. The van der Waals surface area contributed by atoms with E-state index in [0.29, 0.717) is 12.1 Å². The first-order valence-electron chi connectivity index (χ1n) is 9.06. The van der Waals surface area contributed by atoms with Gasteiger partial charge in [-0.3, -0.25) is 14.6 Å². The van der Waals surface area contributed by atoms with Crippen LogP contribution in [0.25, 0.3) is 0 Å². The van der Waals surface area contributed by atoms with Gasteiger partial charge in [-0.1, -0.05) is 30.3 Å². The third-order valence-corrected chi connectivity index (χ3v) is 4.60. The molecule has 2 heterocycles. The van der Waals surface area contributed by atoms with Crippen LogP contribution in [0.2, 0.25) is 0 Å². The second kappa shape index (κ2) is 7.52. The van der Waals surface area contributed by atoms with Crippen LogP contribution in [-0.4, -0.2) is 21.7 Å². The number of rotatable bonds is 5. The predicted molar refractivity (Wildman–Crippen MR) is 108 cm³/mol. The number of carbonyl (C=O) groups excluding carboxylic acids is 2. The lowest BCUT2D eigenvalue weighted by atomic mass is 10.2. The van der Waals surface area contributed by atoms with Crippen molar-refractivity contribution >= 4 is 23.2 Å². The van der Waals surface area contributed by atoms with Gasteiger partial charge in [0.25, 0.3) is 5.91 Å². The van der Waals surface area contributed by atoms with E-state index >= 15 is 0 Å². The normalized spacial score (nSPS) is 15.2. The van der Waals surface area contributed by atoms with E-state index in [4.69, 9.17) is 0 Å². The molecule has 1 aliphatic rings. The van der Waals surface area contributed by atoms with Crippen LogP contribution in [0.4, 0.5) is 11.4 Å². The number of anilines is 2. The summed E-state index contributed by atoms with van der Waals surface area (Å²) in [6.07, 6.45) is 1.34. The molecule has 28 heavy (non-hydrogen) atoms. The number of nitrogens with zero attached hydrogens (tertiary/aromatic N) is 2. The van der Waals surface area contributed by atoms with Crippen molar-refractivity contribution in [3.8, 4) is 0 Å². The Balaban J connectivity index is 1.61. The average molecular weight is 372 g/mol. The van der Waals surface area contributed by atoms with Gasteiger partial charge in [-0.15, -0.1) is 0 Å². The number of amides is 2. The molecule has 0 bridgehead atoms. The van der Waals surface area contributed by atoms with Crippen molar-refractivity contribution in [3.05, 3.63) is 89.7 Å². The van der Waals surface area contributed by atoms with E-state index < -0.39 is 0 Å². The molecule has 1 aromatic heterocycles. The highest BCUT2D eigenvalue weighted by molar-refractivity contribution is 5.99. The summed E-state index contributed by atoms with van der Waals surface area (Å²) in [5.41, 5.74) is 3.94. The van der Waals surface area contributed by atoms with Crippen molar-refractivity contribution in [2.24, 2.45) is 0 Å². The quantitative estimate of drug-likeness (QED) is 0.714. The molecule has 0 fully saturated rings. The summed E-state index contributed by atoms with van der Waals surface area (Å²) >= 11 is 0. The number of hydrogen-bond donors (Lipinski definition) is 2. The molecule has 1 unspecified atom stereocenters. The van der Waals surface area contributed by atoms with Crippen LogP contribution in [0.15, 0.2) is 72.9 Å². The fourth-order valence-electron chi connectivity index (χ4n) is 3.34.